The van der Waals surface area contributed by atoms with E-state index in [4.69, 9.17) is 11.6 Å². The Balaban J connectivity index is 1.83. The van der Waals surface area contributed by atoms with Crippen LogP contribution in [0, 0.1) is 13.8 Å². The summed E-state index contributed by atoms with van der Waals surface area (Å²) in [6, 6.07) is 21.1. The van der Waals surface area contributed by atoms with E-state index in [0.29, 0.717) is 5.02 Å². The van der Waals surface area contributed by atoms with Crippen molar-refractivity contribution >= 4 is 27.5 Å². The maximum Gasteiger partial charge on any atom is 0.243 e. The van der Waals surface area contributed by atoms with Gasteiger partial charge in [-0.3, -0.25) is 4.79 Å². The summed E-state index contributed by atoms with van der Waals surface area (Å²) in [6.07, 6.45) is 0. The van der Waals surface area contributed by atoms with Gasteiger partial charge in [-0.2, -0.15) is 4.31 Å². The Bertz CT molecular complexity index is 1180. The number of aryl methyl sites for hydroxylation is 2. The number of hydrogen-bond acceptors (Lipinski definition) is 3. The lowest BCUT2D eigenvalue weighted by molar-refractivity contribution is -0.122. The van der Waals surface area contributed by atoms with E-state index in [1.165, 1.54) is 4.31 Å². The molecule has 3 aromatic carbocycles. The Labute approximate surface area is 195 Å². The van der Waals surface area contributed by atoms with Crippen LogP contribution < -0.4 is 5.32 Å². The van der Waals surface area contributed by atoms with Gasteiger partial charge in [0.05, 0.1) is 17.5 Å². The average molecular weight is 471 g/mol. The molecule has 168 valence electrons. The molecule has 0 unspecified atom stereocenters. The zero-order valence-electron chi connectivity index (χ0n) is 18.4. The lowest BCUT2D eigenvalue weighted by atomic mass is 10.1. The first-order valence-corrected chi connectivity index (χ1v) is 12.1. The predicted octanol–water partition coefficient (Wildman–Crippen LogP) is 5.03. The molecular formula is C25H27ClN2O3S. The van der Waals surface area contributed by atoms with E-state index in [-0.39, 0.29) is 29.9 Å². The van der Waals surface area contributed by atoms with Crippen LogP contribution in [0.15, 0.2) is 77.7 Å². The molecular weight excluding hydrogens is 444 g/mol. The molecule has 1 atom stereocenters. The Kier molecular flexibility index (Phi) is 7.72. The number of halogens is 1. The standard InChI is InChI=1S/C25H27ClN2O3S/c1-18-7-13-24(14-8-18)32(30,31)28(16-21-6-4-5-19(2)15-21)17-25(29)27-20(3)22-9-11-23(26)12-10-22/h4-15,20H,16-17H2,1-3H3,(H,27,29)/t20-/m1/s1. The summed E-state index contributed by atoms with van der Waals surface area (Å²) >= 11 is 5.94. The molecule has 0 radical (unpaired) electrons. The number of hydrogen-bond donors (Lipinski definition) is 1. The number of benzene rings is 3. The molecule has 0 saturated carbocycles. The fraction of sp³-hybridized carbons (Fsp3) is 0.240. The highest BCUT2D eigenvalue weighted by Gasteiger charge is 2.27. The van der Waals surface area contributed by atoms with Crippen molar-refractivity contribution in [1.82, 2.24) is 9.62 Å². The maximum absolute atomic E-state index is 13.4. The molecule has 0 bridgehead atoms. The van der Waals surface area contributed by atoms with Crippen molar-refractivity contribution in [1.29, 1.82) is 0 Å². The summed E-state index contributed by atoms with van der Waals surface area (Å²) in [7, 11) is -3.87. The van der Waals surface area contributed by atoms with Crippen LogP contribution in [-0.2, 0) is 21.4 Å². The van der Waals surface area contributed by atoms with Crippen molar-refractivity contribution in [2.45, 2.75) is 38.3 Å². The second-order valence-corrected chi connectivity index (χ2v) is 10.3. The first-order valence-electron chi connectivity index (χ1n) is 10.3. The van der Waals surface area contributed by atoms with Gasteiger partial charge in [0.2, 0.25) is 15.9 Å². The lowest BCUT2D eigenvalue weighted by Crippen LogP contribution is -2.41. The van der Waals surface area contributed by atoms with Crippen LogP contribution in [0.25, 0.3) is 0 Å². The zero-order valence-corrected chi connectivity index (χ0v) is 20.0. The van der Waals surface area contributed by atoms with Crippen LogP contribution in [0.2, 0.25) is 5.02 Å². The third-order valence-electron chi connectivity index (χ3n) is 5.17. The van der Waals surface area contributed by atoms with Crippen molar-refractivity contribution in [3.8, 4) is 0 Å². The van der Waals surface area contributed by atoms with E-state index in [2.05, 4.69) is 5.32 Å². The Morgan fingerprint density at radius 3 is 2.25 bits per heavy atom. The summed E-state index contributed by atoms with van der Waals surface area (Å²) in [5, 5.41) is 3.50. The minimum atomic E-state index is -3.87. The highest BCUT2D eigenvalue weighted by molar-refractivity contribution is 7.89. The first-order chi connectivity index (χ1) is 15.1. The van der Waals surface area contributed by atoms with Gasteiger partial charge in [0.15, 0.2) is 0 Å². The topological polar surface area (TPSA) is 66.5 Å². The van der Waals surface area contributed by atoms with Crippen LogP contribution in [0.1, 0.15) is 35.2 Å². The lowest BCUT2D eigenvalue weighted by Gasteiger charge is -2.23. The Hall–Kier alpha value is -2.67. The van der Waals surface area contributed by atoms with Gasteiger partial charge in [-0.1, -0.05) is 71.3 Å². The van der Waals surface area contributed by atoms with Crippen LogP contribution in [0.4, 0.5) is 0 Å². The number of nitrogens with zero attached hydrogens (tertiary/aromatic N) is 1. The molecule has 5 nitrogen and oxygen atoms in total. The molecule has 32 heavy (non-hydrogen) atoms. The molecule has 7 heteroatoms. The summed E-state index contributed by atoms with van der Waals surface area (Å²) in [5.74, 6) is -0.379. The first kappa shape index (κ1) is 24.0. The largest absolute Gasteiger partial charge is 0.348 e. The van der Waals surface area contributed by atoms with E-state index in [1.54, 1.807) is 36.4 Å². The third-order valence-corrected chi connectivity index (χ3v) is 7.23. The average Bonchev–Trinajstić information content (AvgIpc) is 2.74. The normalized spacial score (nSPS) is 12.5. The molecule has 3 rings (SSSR count). The van der Waals surface area contributed by atoms with E-state index >= 15 is 0 Å². The molecule has 0 aliphatic carbocycles. The van der Waals surface area contributed by atoms with Gasteiger partial charge >= 0.3 is 0 Å². The molecule has 0 heterocycles. The van der Waals surface area contributed by atoms with Crippen molar-refractivity contribution in [3.63, 3.8) is 0 Å². The van der Waals surface area contributed by atoms with Crippen LogP contribution >= 0.6 is 11.6 Å². The quantitative estimate of drug-likeness (QED) is 0.502. The molecule has 0 aliphatic rings. The molecule has 1 amide bonds. The van der Waals surface area contributed by atoms with Crippen LogP contribution in [0.5, 0.6) is 0 Å². The van der Waals surface area contributed by atoms with Gasteiger partial charge in [-0.15, -0.1) is 0 Å². The fourth-order valence-corrected chi connectivity index (χ4v) is 4.89. The van der Waals surface area contributed by atoms with Crippen molar-refractivity contribution < 1.29 is 13.2 Å². The number of sulfonamides is 1. The SMILES string of the molecule is Cc1ccc(S(=O)(=O)N(CC(=O)N[C@H](C)c2ccc(Cl)cc2)Cc2cccc(C)c2)cc1. The molecule has 0 saturated heterocycles. The second-order valence-electron chi connectivity index (χ2n) is 7.92. The van der Waals surface area contributed by atoms with Gasteiger partial charge in [0.25, 0.3) is 0 Å². The van der Waals surface area contributed by atoms with E-state index in [1.807, 2.05) is 57.2 Å². The van der Waals surface area contributed by atoms with Gasteiger partial charge < -0.3 is 5.32 Å². The Morgan fingerprint density at radius 2 is 1.62 bits per heavy atom. The molecule has 0 fully saturated rings. The second kappa shape index (κ2) is 10.3. The van der Waals surface area contributed by atoms with Crippen molar-refractivity contribution in [2.24, 2.45) is 0 Å². The minimum Gasteiger partial charge on any atom is -0.348 e. The van der Waals surface area contributed by atoms with Crippen LogP contribution in [-0.4, -0.2) is 25.2 Å². The minimum absolute atomic E-state index is 0.0979. The summed E-state index contributed by atoms with van der Waals surface area (Å²) in [4.78, 5) is 13.0. The van der Waals surface area contributed by atoms with Gasteiger partial charge in [0, 0.05) is 11.6 Å². The number of carbonyl (C=O) groups excluding carboxylic acids is 1. The maximum atomic E-state index is 13.4. The number of carbonyl (C=O) groups is 1. The van der Waals surface area contributed by atoms with Crippen molar-refractivity contribution in [2.75, 3.05) is 6.54 Å². The highest BCUT2D eigenvalue weighted by Crippen LogP contribution is 2.20. The summed E-state index contributed by atoms with van der Waals surface area (Å²) in [6.45, 7) is 5.50. The Morgan fingerprint density at radius 1 is 0.969 bits per heavy atom. The molecule has 3 aromatic rings. The van der Waals surface area contributed by atoms with Gasteiger partial charge in [0.1, 0.15) is 0 Å². The summed E-state index contributed by atoms with van der Waals surface area (Å²) < 4.78 is 28.0. The zero-order chi connectivity index (χ0) is 23.3. The van der Waals surface area contributed by atoms with Crippen LogP contribution in [0.3, 0.4) is 0 Å². The van der Waals surface area contributed by atoms with Gasteiger partial charge in [-0.25, -0.2) is 8.42 Å². The van der Waals surface area contributed by atoms with Crippen molar-refractivity contribution in [3.05, 3.63) is 100 Å². The molecule has 0 aliphatic heterocycles. The molecule has 1 N–H and O–H groups in total. The van der Waals surface area contributed by atoms with Gasteiger partial charge in [-0.05, 0) is 56.2 Å². The fourth-order valence-electron chi connectivity index (χ4n) is 3.38. The van der Waals surface area contributed by atoms with E-state index < -0.39 is 10.0 Å². The smallest absolute Gasteiger partial charge is 0.243 e. The predicted molar refractivity (Wildman–Crippen MR) is 128 cm³/mol. The monoisotopic (exact) mass is 470 g/mol. The number of rotatable bonds is 8. The number of nitrogens with one attached hydrogen (secondary N) is 1. The molecule has 0 aromatic heterocycles. The van der Waals surface area contributed by atoms with E-state index in [0.717, 1.165) is 22.3 Å². The molecule has 0 spiro atoms. The number of amides is 1. The van der Waals surface area contributed by atoms with E-state index in [9.17, 15) is 13.2 Å². The highest BCUT2D eigenvalue weighted by atomic mass is 35.5. The summed E-state index contributed by atoms with van der Waals surface area (Å²) in [5.41, 5.74) is 3.69. The third kappa shape index (κ3) is 6.19.